The summed E-state index contributed by atoms with van der Waals surface area (Å²) < 4.78 is 0. The first kappa shape index (κ1) is 11.9. The van der Waals surface area contributed by atoms with E-state index in [4.69, 9.17) is 5.73 Å². The van der Waals surface area contributed by atoms with Crippen LogP contribution in [0, 0.1) is 5.92 Å². The molecule has 0 aliphatic heterocycles. The predicted octanol–water partition coefficient (Wildman–Crippen LogP) is 1.91. The third-order valence-corrected chi connectivity index (χ3v) is 2.64. The van der Waals surface area contributed by atoms with Gasteiger partial charge in [-0.2, -0.15) is 0 Å². The Hall–Kier alpha value is -0.0800. The van der Waals surface area contributed by atoms with Gasteiger partial charge in [0.15, 0.2) is 0 Å². The molecule has 1 unspecified atom stereocenters. The first-order chi connectivity index (χ1) is 5.60. The van der Waals surface area contributed by atoms with Crippen molar-refractivity contribution >= 4 is 0 Å². The molecule has 12 heavy (non-hydrogen) atoms. The van der Waals surface area contributed by atoms with E-state index in [-0.39, 0.29) is 5.92 Å². The van der Waals surface area contributed by atoms with E-state index in [0.717, 1.165) is 25.7 Å². The van der Waals surface area contributed by atoms with Gasteiger partial charge in [0.2, 0.25) is 0 Å². The summed E-state index contributed by atoms with van der Waals surface area (Å²) in [5.41, 5.74) is 5.04. The van der Waals surface area contributed by atoms with Crippen LogP contribution in [0.2, 0.25) is 0 Å². The summed E-state index contributed by atoms with van der Waals surface area (Å²) in [7, 11) is 0. The Morgan fingerprint density at radius 1 is 1.25 bits per heavy atom. The largest absolute Gasteiger partial charge is 0.390 e. The molecule has 2 nitrogen and oxygen atoms in total. The van der Waals surface area contributed by atoms with Crippen molar-refractivity contribution in [3.8, 4) is 0 Å². The Kier molecular flexibility index (Phi) is 5.51. The Bertz CT molecular complexity index is 108. The Balaban J connectivity index is 4.15. The number of hydrogen-bond donors (Lipinski definition) is 2. The molecule has 0 radical (unpaired) electrons. The lowest BCUT2D eigenvalue weighted by atomic mass is 9.81. The van der Waals surface area contributed by atoms with Gasteiger partial charge in [-0.1, -0.05) is 33.6 Å². The third kappa shape index (κ3) is 3.11. The van der Waals surface area contributed by atoms with Crippen molar-refractivity contribution < 1.29 is 5.11 Å². The SMILES string of the molecule is CCCC(O)(CCC)C(C)CN. The highest BCUT2D eigenvalue weighted by molar-refractivity contribution is 4.83. The lowest BCUT2D eigenvalue weighted by Crippen LogP contribution is -2.40. The summed E-state index contributed by atoms with van der Waals surface area (Å²) in [5, 5.41) is 10.2. The monoisotopic (exact) mass is 173 g/mol. The third-order valence-electron chi connectivity index (χ3n) is 2.64. The highest BCUT2D eigenvalue weighted by Crippen LogP contribution is 2.27. The van der Waals surface area contributed by atoms with E-state index in [9.17, 15) is 5.11 Å². The molecule has 0 aliphatic rings. The average molecular weight is 173 g/mol. The van der Waals surface area contributed by atoms with Gasteiger partial charge in [-0.25, -0.2) is 0 Å². The van der Waals surface area contributed by atoms with E-state index < -0.39 is 5.60 Å². The Morgan fingerprint density at radius 3 is 1.92 bits per heavy atom. The van der Waals surface area contributed by atoms with Gasteiger partial charge in [0.25, 0.3) is 0 Å². The van der Waals surface area contributed by atoms with E-state index in [1.165, 1.54) is 0 Å². The van der Waals surface area contributed by atoms with Gasteiger partial charge >= 0.3 is 0 Å². The summed E-state index contributed by atoms with van der Waals surface area (Å²) in [6.45, 7) is 6.82. The Labute approximate surface area is 76.2 Å². The van der Waals surface area contributed by atoms with Crippen molar-refractivity contribution in [2.45, 2.75) is 52.1 Å². The molecule has 0 bridgehead atoms. The quantitative estimate of drug-likeness (QED) is 0.644. The fourth-order valence-electron chi connectivity index (χ4n) is 1.70. The second-order valence-electron chi connectivity index (χ2n) is 3.74. The van der Waals surface area contributed by atoms with Gasteiger partial charge < -0.3 is 10.8 Å². The average Bonchev–Trinajstić information content (AvgIpc) is 2.04. The van der Waals surface area contributed by atoms with Gasteiger partial charge in [0.05, 0.1) is 5.60 Å². The molecule has 3 N–H and O–H groups in total. The molecule has 0 aromatic carbocycles. The highest BCUT2D eigenvalue weighted by Gasteiger charge is 2.30. The molecule has 0 saturated heterocycles. The fourth-order valence-corrected chi connectivity index (χ4v) is 1.70. The first-order valence-corrected chi connectivity index (χ1v) is 5.03. The molecule has 0 aromatic heterocycles. The summed E-state index contributed by atoms with van der Waals surface area (Å²) in [5.74, 6) is 0.220. The van der Waals surface area contributed by atoms with Crippen LogP contribution in [-0.2, 0) is 0 Å². The minimum Gasteiger partial charge on any atom is -0.390 e. The molecule has 1 atom stereocenters. The van der Waals surface area contributed by atoms with Crippen LogP contribution in [0.3, 0.4) is 0 Å². The molecule has 0 aliphatic carbocycles. The zero-order chi connectivity index (χ0) is 9.61. The van der Waals surface area contributed by atoms with Crippen LogP contribution in [0.15, 0.2) is 0 Å². The number of aliphatic hydroxyl groups is 1. The zero-order valence-electron chi connectivity index (χ0n) is 8.64. The standard InChI is InChI=1S/C10H23NO/c1-4-6-10(12,7-5-2)9(3)8-11/h9,12H,4-8,11H2,1-3H3. The number of hydrogen-bond acceptors (Lipinski definition) is 2. The fraction of sp³-hybridized carbons (Fsp3) is 1.00. The molecule has 0 fully saturated rings. The summed E-state index contributed by atoms with van der Waals surface area (Å²) in [4.78, 5) is 0. The second kappa shape index (κ2) is 5.55. The molecule has 0 saturated carbocycles. The topological polar surface area (TPSA) is 46.2 Å². The van der Waals surface area contributed by atoms with Crippen molar-refractivity contribution in [3.05, 3.63) is 0 Å². The number of rotatable bonds is 6. The molecule has 0 aromatic rings. The molecule has 2 heteroatoms. The molecule has 0 amide bonds. The van der Waals surface area contributed by atoms with Gasteiger partial charge in [0.1, 0.15) is 0 Å². The molecule has 0 rings (SSSR count). The van der Waals surface area contributed by atoms with Crippen LogP contribution in [-0.4, -0.2) is 17.3 Å². The maximum Gasteiger partial charge on any atom is 0.0685 e. The van der Waals surface area contributed by atoms with Crippen LogP contribution in [0.25, 0.3) is 0 Å². The van der Waals surface area contributed by atoms with Gasteiger partial charge in [-0.15, -0.1) is 0 Å². The lowest BCUT2D eigenvalue weighted by molar-refractivity contribution is -0.0252. The summed E-state index contributed by atoms with van der Waals surface area (Å²) in [6.07, 6.45) is 3.81. The van der Waals surface area contributed by atoms with E-state index in [1.807, 2.05) is 6.92 Å². The summed E-state index contributed by atoms with van der Waals surface area (Å²) in [6, 6.07) is 0. The van der Waals surface area contributed by atoms with Crippen molar-refractivity contribution in [2.24, 2.45) is 11.7 Å². The van der Waals surface area contributed by atoms with E-state index in [0.29, 0.717) is 6.54 Å². The van der Waals surface area contributed by atoms with E-state index in [1.54, 1.807) is 0 Å². The second-order valence-corrected chi connectivity index (χ2v) is 3.74. The molecule has 74 valence electrons. The minimum atomic E-state index is -0.516. The smallest absolute Gasteiger partial charge is 0.0685 e. The van der Waals surface area contributed by atoms with Gasteiger partial charge in [0, 0.05) is 0 Å². The van der Waals surface area contributed by atoms with E-state index in [2.05, 4.69) is 13.8 Å². The van der Waals surface area contributed by atoms with Crippen molar-refractivity contribution in [1.82, 2.24) is 0 Å². The predicted molar refractivity (Wildman–Crippen MR) is 53.0 cm³/mol. The van der Waals surface area contributed by atoms with Crippen LogP contribution in [0.4, 0.5) is 0 Å². The van der Waals surface area contributed by atoms with Crippen molar-refractivity contribution in [2.75, 3.05) is 6.54 Å². The first-order valence-electron chi connectivity index (χ1n) is 5.03. The summed E-state index contributed by atoms with van der Waals surface area (Å²) >= 11 is 0. The van der Waals surface area contributed by atoms with Crippen LogP contribution in [0.1, 0.15) is 46.5 Å². The van der Waals surface area contributed by atoms with Crippen molar-refractivity contribution in [3.63, 3.8) is 0 Å². The minimum absolute atomic E-state index is 0.220. The normalized spacial score (nSPS) is 14.8. The van der Waals surface area contributed by atoms with Crippen LogP contribution >= 0.6 is 0 Å². The highest BCUT2D eigenvalue weighted by atomic mass is 16.3. The van der Waals surface area contributed by atoms with Crippen LogP contribution in [0.5, 0.6) is 0 Å². The van der Waals surface area contributed by atoms with Gasteiger partial charge in [-0.3, -0.25) is 0 Å². The van der Waals surface area contributed by atoms with Crippen LogP contribution < -0.4 is 5.73 Å². The molecular weight excluding hydrogens is 150 g/mol. The molecule has 0 heterocycles. The maximum absolute atomic E-state index is 10.2. The van der Waals surface area contributed by atoms with E-state index >= 15 is 0 Å². The molecular formula is C10H23NO. The van der Waals surface area contributed by atoms with Gasteiger partial charge in [-0.05, 0) is 25.3 Å². The molecule has 0 spiro atoms. The maximum atomic E-state index is 10.2. The number of nitrogens with two attached hydrogens (primary N) is 1. The zero-order valence-corrected chi connectivity index (χ0v) is 8.64. The van der Waals surface area contributed by atoms with Crippen molar-refractivity contribution in [1.29, 1.82) is 0 Å². The Morgan fingerprint density at radius 2 is 1.67 bits per heavy atom. The lowest BCUT2D eigenvalue weighted by Gasteiger charge is -2.33.